The van der Waals surface area contributed by atoms with Gasteiger partial charge in [0, 0.05) is 13.1 Å². The van der Waals surface area contributed by atoms with Crippen molar-refractivity contribution in [2.75, 3.05) is 13.1 Å². The van der Waals surface area contributed by atoms with Crippen LogP contribution in [0.3, 0.4) is 0 Å². The van der Waals surface area contributed by atoms with Crippen molar-refractivity contribution in [2.24, 2.45) is 17.1 Å². The zero-order chi connectivity index (χ0) is 13.9. The summed E-state index contributed by atoms with van der Waals surface area (Å²) < 4.78 is 0. The van der Waals surface area contributed by atoms with Crippen molar-refractivity contribution in [1.29, 1.82) is 0 Å². The Hall–Kier alpha value is -1.10. The van der Waals surface area contributed by atoms with Gasteiger partial charge in [-0.15, -0.1) is 0 Å². The molecule has 1 amide bonds. The molecule has 18 heavy (non-hydrogen) atoms. The molecule has 0 saturated carbocycles. The summed E-state index contributed by atoms with van der Waals surface area (Å²) in [7, 11) is 0. The maximum atomic E-state index is 12.2. The number of hydrogen-bond acceptors (Lipinski definition) is 3. The lowest BCUT2D eigenvalue weighted by Crippen LogP contribution is -2.54. The van der Waals surface area contributed by atoms with Crippen molar-refractivity contribution in [2.45, 2.75) is 46.1 Å². The molecule has 0 aliphatic carbocycles. The summed E-state index contributed by atoms with van der Waals surface area (Å²) in [5.41, 5.74) is 5.10. The number of nitrogens with zero attached hydrogens (tertiary/aromatic N) is 1. The monoisotopic (exact) mass is 256 g/mol. The van der Waals surface area contributed by atoms with Crippen LogP contribution in [0, 0.1) is 11.3 Å². The van der Waals surface area contributed by atoms with Gasteiger partial charge < -0.3 is 15.7 Å². The SMILES string of the molecule is CCC(C)C(N)C(=O)N1CCCC(C)(C(=O)O)C1. The molecule has 1 heterocycles. The largest absolute Gasteiger partial charge is 0.481 e. The highest BCUT2D eigenvalue weighted by molar-refractivity contribution is 5.83. The van der Waals surface area contributed by atoms with Gasteiger partial charge in [0.2, 0.25) is 5.91 Å². The van der Waals surface area contributed by atoms with Gasteiger partial charge in [-0.3, -0.25) is 9.59 Å². The lowest BCUT2D eigenvalue weighted by molar-refractivity contribution is -0.154. The predicted molar refractivity (Wildman–Crippen MR) is 69.0 cm³/mol. The van der Waals surface area contributed by atoms with Crippen LogP contribution in [0.5, 0.6) is 0 Å². The number of carboxylic acids is 1. The minimum absolute atomic E-state index is 0.114. The molecule has 1 aliphatic heterocycles. The molecule has 0 aromatic heterocycles. The fourth-order valence-electron chi connectivity index (χ4n) is 2.31. The van der Waals surface area contributed by atoms with Crippen molar-refractivity contribution in [3.63, 3.8) is 0 Å². The van der Waals surface area contributed by atoms with E-state index in [1.165, 1.54) is 0 Å². The van der Waals surface area contributed by atoms with E-state index >= 15 is 0 Å². The average molecular weight is 256 g/mol. The summed E-state index contributed by atoms with van der Waals surface area (Å²) in [6.07, 6.45) is 2.18. The molecule has 5 heteroatoms. The number of carboxylic acid groups (broad SMARTS) is 1. The number of carbonyl (C=O) groups excluding carboxylic acids is 1. The van der Waals surface area contributed by atoms with E-state index < -0.39 is 17.4 Å². The smallest absolute Gasteiger partial charge is 0.311 e. The first kappa shape index (κ1) is 15.0. The Morgan fingerprint density at radius 2 is 2.11 bits per heavy atom. The summed E-state index contributed by atoms with van der Waals surface area (Å²) in [5, 5.41) is 9.22. The Labute approximate surface area is 108 Å². The molecule has 0 radical (unpaired) electrons. The number of rotatable bonds is 4. The van der Waals surface area contributed by atoms with Crippen LogP contribution in [0.2, 0.25) is 0 Å². The highest BCUT2D eigenvalue weighted by Gasteiger charge is 2.40. The second kappa shape index (κ2) is 5.69. The first-order valence-corrected chi connectivity index (χ1v) is 6.59. The van der Waals surface area contributed by atoms with Gasteiger partial charge in [-0.25, -0.2) is 0 Å². The Morgan fingerprint density at radius 3 is 2.61 bits per heavy atom. The van der Waals surface area contributed by atoms with E-state index in [0.717, 1.165) is 12.8 Å². The summed E-state index contributed by atoms with van der Waals surface area (Å²) in [6.45, 7) is 6.53. The quantitative estimate of drug-likeness (QED) is 0.788. The number of piperidine rings is 1. The molecule has 104 valence electrons. The van der Waals surface area contributed by atoms with Crippen LogP contribution in [0.4, 0.5) is 0 Å². The number of amides is 1. The van der Waals surface area contributed by atoms with Crippen molar-refractivity contribution in [1.82, 2.24) is 4.90 Å². The normalized spacial score (nSPS) is 27.7. The Bertz CT molecular complexity index is 332. The van der Waals surface area contributed by atoms with Crippen LogP contribution >= 0.6 is 0 Å². The van der Waals surface area contributed by atoms with Gasteiger partial charge in [-0.05, 0) is 25.7 Å². The fraction of sp³-hybridized carbons (Fsp3) is 0.846. The van der Waals surface area contributed by atoms with Gasteiger partial charge in [0.05, 0.1) is 11.5 Å². The Balaban J connectivity index is 2.72. The third-order valence-corrected chi connectivity index (χ3v) is 4.07. The highest BCUT2D eigenvalue weighted by atomic mass is 16.4. The van der Waals surface area contributed by atoms with Crippen molar-refractivity contribution in [3.05, 3.63) is 0 Å². The summed E-state index contributed by atoms with van der Waals surface area (Å²) in [6, 6.07) is -0.522. The van der Waals surface area contributed by atoms with Gasteiger partial charge >= 0.3 is 5.97 Å². The van der Waals surface area contributed by atoms with Crippen LogP contribution < -0.4 is 5.73 Å². The van der Waals surface area contributed by atoms with Crippen molar-refractivity contribution >= 4 is 11.9 Å². The van der Waals surface area contributed by atoms with E-state index in [1.54, 1.807) is 11.8 Å². The van der Waals surface area contributed by atoms with Crippen LogP contribution in [-0.2, 0) is 9.59 Å². The van der Waals surface area contributed by atoms with Crippen LogP contribution in [0.25, 0.3) is 0 Å². The zero-order valence-electron chi connectivity index (χ0n) is 11.5. The van der Waals surface area contributed by atoms with Crippen molar-refractivity contribution < 1.29 is 14.7 Å². The standard InChI is InChI=1S/C13H24N2O3/c1-4-9(2)10(14)11(16)15-7-5-6-13(3,8-15)12(17)18/h9-10H,4-8,14H2,1-3H3,(H,17,18). The molecule has 0 spiro atoms. The first-order chi connectivity index (χ1) is 8.31. The third kappa shape index (κ3) is 3.02. The molecule has 3 unspecified atom stereocenters. The minimum atomic E-state index is -0.836. The number of aliphatic carboxylic acids is 1. The molecule has 3 atom stereocenters. The molecule has 5 nitrogen and oxygen atoms in total. The minimum Gasteiger partial charge on any atom is -0.481 e. The number of likely N-dealkylation sites (tertiary alicyclic amines) is 1. The van der Waals surface area contributed by atoms with E-state index in [0.29, 0.717) is 13.0 Å². The molecule has 0 aromatic carbocycles. The molecule has 0 bridgehead atoms. The lowest BCUT2D eigenvalue weighted by atomic mass is 9.81. The van der Waals surface area contributed by atoms with E-state index in [2.05, 4.69) is 0 Å². The van der Waals surface area contributed by atoms with Gasteiger partial charge in [0.25, 0.3) is 0 Å². The lowest BCUT2D eigenvalue weighted by Gasteiger charge is -2.39. The molecule has 3 N–H and O–H groups in total. The molecule has 1 fully saturated rings. The average Bonchev–Trinajstić information content (AvgIpc) is 2.35. The van der Waals surface area contributed by atoms with Gasteiger partial charge in [0.1, 0.15) is 0 Å². The van der Waals surface area contributed by atoms with E-state index in [9.17, 15) is 14.7 Å². The first-order valence-electron chi connectivity index (χ1n) is 6.59. The van der Waals surface area contributed by atoms with Crippen LogP contribution in [-0.4, -0.2) is 41.0 Å². The highest BCUT2D eigenvalue weighted by Crippen LogP contribution is 2.30. The molecule has 1 rings (SSSR count). The number of nitrogens with two attached hydrogens (primary N) is 1. The Kier molecular flexibility index (Phi) is 4.73. The summed E-state index contributed by atoms with van der Waals surface area (Å²) >= 11 is 0. The van der Waals surface area contributed by atoms with Crippen molar-refractivity contribution in [3.8, 4) is 0 Å². The fourth-order valence-corrected chi connectivity index (χ4v) is 2.31. The molecule has 0 aromatic rings. The second-order valence-corrected chi connectivity index (χ2v) is 5.64. The number of carbonyl (C=O) groups is 2. The van der Waals surface area contributed by atoms with E-state index in [1.807, 2.05) is 13.8 Å². The summed E-state index contributed by atoms with van der Waals surface area (Å²) in [5.74, 6) is -0.829. The summed E-state index contributed by atoms with van der Waals surface area (Å²) in [4.78, 5) is 25.1. The maximum absolute atomic E-state index is 12.2. The molecular formula is C13H24N2O3. The van der Waals surface area contributed by atoms with E-state index in [-0.39, 0.29) is 18.4 Å². The van der Waals surface area contributed by atoms with Gasteiger partial charge in [0.15, 0.2) is 0 Å². The zero-order valence-corrected chi connectivity index (χ0v) is 11.5. The van der Waals surface area contributed by atoms with Crippen LogP contribution in [0.15, 0.2) is 0 Å². The molecule has 1 saturated heterocycles. The maximum Gasteiger partial charge on any atom is 0.311 e. The Morgan fingerprint density at radius 1 is 1.50 bits per heavy atom. The predicted octanol–water partition coefficient (Wildman–Crippen LogP) is 1.07. The topological polar surface area (TPSA) is 83.6 Å². The third-order valence-electron chi connectivity index (χ3n) is 4.07. The van der Waals surface area contributed by atoms with Gasteiger partial charge in [-0.2, -0.15) is 0 Å². The van der Waals surface area contributed by atoms with Crippen LogP contribution in [0.1, 0.15) is 40.0 Å². The molecule has 1 aliphatic rings. The van der Waals surface area contributed by atoms with Gasteiger partial charge in [-0.1, -0.05) is 20.3 Å². The molecular weight excluding hydrogens is 232 g/mol. The second-order valence-electron chi connectivity index (χ2n) is 5.64. The van der Waals surface area contributed by atoms with E-state index in [4.69, 9.17) is 5.73 Å². The number of hydrogen-bond donors (Lipinski definition) is 2.